The highest BCUT2D eigenvalue weighted by atomic mass is 33.1. The molecule has 2 amide bonds. The molecule has 6 unspecified atom stereocenters. The number of nitrogens with one attached hydrogen (secondary N) is 2. The molecule has 40 heavy (non-hydrogen) atoms. The van der Waals surface area contributed by atoms with Crippen LogP contribution >= 0.6 is 21.6 Å². The molecule has 0 fully saturated rings. The second-order valence-corrected chi connectivity index (χ2v) is 12.2. The zero-order chi connectivity index (χ0) is 30.5. The third-order valence-electron chi connectivity index (χ3n) is 6.29. The third-order valence-corrected chi connectivity index (χ3v) is 8.77. The first-order valence-electron chi connectivity index (χ1n) is 13.7. The zero-order valence-corrected chi connectivity index (χ0v) is 26.2. The van der Waals surface area contributed by atoms with Crippen LogP contribution < -0.4 is 10.6 Å². The van der Waals surface area contributed by atoms with E-state index in [4.69, 9.17) is 9.47 Å². The first-order valence-corrected chi connectivity index (χ1v) is 16.2. The van der Waals surface area contributed by atoms with Gasteiger partial charge in [-0.3, -0.25) is 9.59 Å². The van der Waals surface area contributed by atoms with Crippen LogP contribution in [0.4, 0.5) is 0 Å². The molecule has 0 aliphatic rings. The summed E-state index contributed by atoms with van der Waals surface area (Å²) in [6.07, 6.45) is 7.52. The minimum absolute atomic E-state index is 0.0765. The number of allylic oxidation sites excluding steroid dienone is 2. The molecule has 0 aliphatic heterocycles. The number of rotatable bonds is 21. The summed E-state index contributed by atoms with van der Waals surface area (Å²) in [6.45, 7) is 7.55. The monoisotopic (exact) mass is 604 g/mol. The molecule has 0 saturated carbocycles. The normalized spacial score (nSPS) is 16.1. The molecule has 0 aromatic carbocycles. The molecule has 4 N–H and O–H groups in total. The van der Waals surface area contributed by atoms with Crippen LogP contribution in [0.2, 0.25) is 0 Å². The largest absolute Gasteiger partial charge is 0.467 e. The lowest BCUT2D eigenvalue weighted by atomic mass is 9.99. The molecule has 12 heteroatoms. The summed E-state index contributed by atoms with van der Waals surface area (Å²) in [5.41, 5.74) is 0. The topological polar surface area (TPSA) is 151 Å². The highest BCUT2D eigenvalue weighted by Gasteiger charge is 2.28. The van der Waals surface area contributed by atoms with Gasteiger partial charge in [-0.1, -0.05) is 86.4 Å². The van der Waals surface area contributed by atoms with Crippen molar-refractivity contribution in [2.75, 3.05) is 25.7 Å². The van der Waals surface area contributed by atoms with E-state index in [0.717, 1.165) is 24.3 Å². The average molecular weight is 605 g/mol. The van der Waals surface area contributed by atoms with E-state index in [2.05, 4.69) is 10.6 Å². The summed E-state index contributed by atoms with van der Waals surface area (Å²) in [5.74, 6) is -0.320. The van der Waals surface area contributed by atoms with Crippen LogP contribution in [-0.4, -0.2) is 84.0 Å². The van der Waals surface area contributed by atoms with Crippen molar-refractivity contribution in [3.8, 4) is 0 Å². The summed E-state index contributed by atoms with van der Waals surface area (Å²) in [4.78, 5) is 48.2. The quantitative estimate of drug-likeness (QED) is 0.0666. The van der Waals surface area contributed by atoms with Gasteiger partial charge in [-0.15, -0.1) is 0 Å². The van der Waals surface area contributed by atoms with Crippen LogP contribution in [-0.2, 0) is 28.7 Å². The fourth-order valence-corrected chi connectivity index (χ4v) is 5.41. The Labute approximate surface area is 246 Å². The minimum atomic E-state index is -0.937. The van der Waals surface area contributed by atoms with Crippen molar-refractivity contribution >= 4 is 45.3 Å². The van der Waals surface area contributed by atoms with Crippen molar-refractivity contribution in [1.82, 2.24) is 10.6 Å². The number of aliphatic hydroxyl groups excluding tert-OH is 2. The number of carbonyl (C=O) groups excluding carboxylic acids is 4. The van der Waals surface area contributed by atoms with Crippen LogP contribution in [0.1, 0.15) is 66.2 Å². The summed E-state index contributed by atoms with van der Waals surface area (Å²) < 4.78 is 9.51. The first-order chi connectivity index (χ1) is 19.0. The highest BCUT2D eigenvalue weighted by Crippen LogP contribution is 2.23. The summed E-state index contributed by atoms with van der Waals surface area (Å²) in [7, 11) is 5.91. The van der Waals surface area contributed by atoms with Gasteiger partial charge < -0.3 is 30.3 Å². The smallest absolute Gasteiger partial charge is 0.328 e. The molecule has 0 heterocycles. The maximum absolute atomic E-state index is 12.2. The second kappa shape index (κ2) is 22.6. The van der Waals surface area contributed by atoms with Crippen molar-refractivity contribution in [2.45, 2.75) is 90.5 Å². The summed E-state index contributed by atoms with van der Waals surface area (Å²) in [6, 6.07) is -1.46. The van der Waals surface area contributed by atoms with Crippen molar-refractivity contribution in [1.29, 1.82) is 0 Å². The summed E-state index contributed by atoms with van der Waals surface area (Å²) >= 11 is 0. The Bertz CT molecular complexity index is 758. The van der Waals surface area contributed by atoms with Gasteiger partial charge in [0.15, 0.2) is 0 Å². The van der Waals surface area contributed by atoms with Gasteiger partial charge in [0.2, 0.25) is 11.8 Å². The van der Waals surface area contributed by atoms with E-state index in [1.165, 1.54) is 14.2 Å². The fraction of sp³-hybridized carbons (Fsp3) is 0.714. The van der Waals surface area contributed by atoms with Crippen LogP contribution in [0.15, 0.2) is 24.3 Å². The average Bonchev–Trinajstić information content (AvgIpc) is 2.93. The molecule has 0 saturated heterocycles. The number of hydrogen-bond donors (Lipinski definition) is 4. The van der Waals surface area contributed by atoms with Gasteiger partial charge in [0.1, 0.15) is 12.1 Å². The number of carbonyl (C=O) groups is 4. The Hall–Kier alpha value is -2.02. The Kier molecular flexibility index (Phi) is 21.5. The third kappa shape index (κ3) is 16.9. The van der Waals surface area contributed by atoms with E-state index in [9.17, 15) is 29.4 Å². The zero-order valence-electron chi connectivity index (χ0n) is 24.6. The molecule has 230 valence electrons. The van der Waals surface area contributed by atoms with Gasteiger partial charge in [-0.25, -0.2) is 9.59 Å². The Morgan fingerprint density at radius 3 is 1.38 bits per heavy atom. The van der Waals surface area contributed by atoms with Gasteiger partial charge in [-0.05, 0) is 24.7 Å². The number of esters is 2. The molecule has 0 rings (SSSR count). The molecular weight excluding hydrogens is 556 g/mol. The van der Waals surface area contributed by atoms with Gasteiger partial charge in [0, 0.05) is 11.5 Å². The number of methoxy groups -OCH3 is 2. The molecular formula is C28H48N2O8S2. The van der Waals surface area contributed by atoms with Gasteiger partial charge in [0.25, 0.3) is 0 Å². The second-order valence-electron chi connectivity index (χ2n) is 9.53. The molecule has 0 aromatic heterocycles. The molecule has 0 aromatic rings. The SMILES string of the molecule is CCC(C)C(NC(=O)CC(O)C=CCCSSCCC=CC(O)CC(=O)NC(C(=O)OC)C(C)CC)C(=O)OC. The molecule has 0 radical (unpaired) electrons. The Balaban J connectivity index is 4.15. The molecule has 0 aliphatic carbocycles. The highest BCUT2D eigenvalue weighted by molar-refractivity contribution is 8.76. The van der Waals surface area contributed by atoms with E-state index in [-0.39, 0.29) is 24.7 Å². The maximum Gasteiger partial charge on any atom is 0.328 e. The van der Waals surface area contributed by atoms with Crippen LogP contribution in [0.3, 0.4) is 0 Å². The Morgan fingerprint density at radius 2 is 1.07 bits per heavy atom. The maximum atomic E-state index is 12.2. The van der Waals surface area contributed by atoms with Gasteiger partial charge >= 0.3 is 11.9 Å². The number of ether oxygens (including phenoxy) is 2. The van der Waals surface area contributed by atoms with Crippen molar-refractivity contribution in [3.05, 3.63) is 24.3 Å². The van der Waals surface area contributed by atoms with Crippen LogP contribution in [0.25, 0.3) is 0 Å². The molecule has 0 spiro atoms. The van der Waals surface area contributed by atoms with Crippen molar-refractivity contribution < 1.29 is 38.9 Å². The van der Waals surface area contributed by atoms with Crippen LogP contribution in [0.5, 0.6) is 0 Å². The molecule has 10 nitrogen and oxygen atoms in total. The number of amides is 2. The van der Waals surface area contributed by atoms with Crippen molar-refractivity contribution in [2.24, 2.45) is 11.8 Å². The lowest BCUT2D eigenvalue weighted by Crippen LogP contribution is -2.46. The summed E-state index contributed by atoms with van der Waals surface area (Å²) in [5, 5.41) is 25.5. The molecule has 0 bridgehead atoms. The van der Waals surface area contributed by atoms with E-state index in [1.807, 2.05) is 39.8 Å². The minimum Gasteiger partial charge on any atom is -0.467 e. The number of hydrogen-bond acceptors (Lipinski definition) is 10. The lowest BCUT2D eigenvalue weighted by Gasteiger charge is -2.22. The van der Waals surface area contributed by atoms with E-state index >= 15 is 0 Å². The van der Waals surface area contributed by atoms with E-state index in [0.29, 0.717) is 12.8 Å². The fourth-order valence-electron chi connectivity index (χ4n) is 3.43. The Morgan fingerprint density at radius 1 is 0.725 bits per heavy atom. The predicted octanol–water partition coefficient (Wildman–Crippen LogP) is 3.17. The van der Waals surface area contributed by atoms with Gasteiger partial charge in [0.05, 0.1) is 39.3 Å². The molecule has 6 atom stereocenters. The van der Waals surface area contributed by atoms with Gasteiger partial charge in [-0.2, -0.15) is 0 Å². The standard InChI is InChI=1S/C28H48N2O8S2/c1-7-19(3)25(27(35)37-5)29-23(33)17-21(31)13-9-11-15-39-40-16-12-10-14-22(32)18-24(34)30-26(20(4)8-2)28(36)38-6/h9-10,13-14,19-22,25-26,31-32H,7-8,11-12,15-18H2,1-6H3,(H,29,33)(H,30,34). The van der Waals surface area contributed by atoms with E-state index < -0.39 is 48.0 Å². The van der Waals surface area contributed by atoms with Crippen molar-refractivity contribution in [3.63, 3.8) is 0 Å². The first kappa shape index (κ1) is 38.0. The number of aliphatic hydroxyl groups is 2. The predicted molar refractivity (Wildman–Crippen MR) is 160 cm³/mol. The van der Waals surface area contributed by atoms with E-state index in [1.54, 1.807) is 33.7 Å². The lowest BCUT2D eigenvalue weighted by molar-refractivity contribution is -0.147. The van der Waals surface area contributed by atoms with Crippen LogP contribution in [0, 0.1) is 11.8 Å².